The van der Waals surface area contributed by atoms with Crippen LogP contribution in [-0.2, 0) is 4.79 Å². The summed E-state index contributed by atoms with van der Waals surface area (Å²) >= 11 is 0. The third-order valence-corrected chi connectivity index (χ3v) is 2.80. The first-order valence-corrected chi connectivity index (χ1v) is 6.24. The Balaban J connectivity index is 3.05. The van der Waals surface area contributed by atoms with E-state index in [4.69, 9.17) is 5.73 Å². The highest BCUT2D eigenvalue weighted by Crippen LogP contribution is 2.22. The first-order valence-electron chi connectivity index (χ1n) is 6.24. The lowest BCUT2D eigenvalue weighted by molar-refractivity contribution is -0.127. The summed E-state index contributed by atoms with van der Waals surface area (Å²) in [7, 11) is 3.45. The van der Waals surface area contributed by atoms with Crippen molar-refractivity contribution in [3.63, 3.8) is 0 Å². The van der Waals surface area contributed by atoms with Crippen molar-refractivity contribution in [1.82, 2.24) is 4.90 Å². The van der Waals surface area contributed by atoms with Crippen molar-refractivity contribution in [2.75, 3.05) is 37.8 Å². The van der Waals surface area contributed by atoms with Gasteiger partial charge in [-0.2, -0.15) is 5.26 Å². The molecule has 0 radical (unpaired) electrons. The Kier molecular flexibility index (Phi) is 5.19. The fraction of sp³-hybridized carbons (Fsp3) is 0.429. The van der Waals surface area contributed by atoms with Crippen molar-refractivity contribution in [3.8, 4) is 6.07 Å². The summed E-state index contributed by atoms with van der Waals surface area (Å²) in [5.41, 5.74) is 7.49. The van der Waals surface area contributed by atoms with Crippen molar-refractivity contribution in [3.05, 3.63) is 23.8 Å². The smallest absolute Gasteiger partial charge is 0.241 e. The van der Waals surface area contributed by atoms with Gasteiger partial charge in [-0.25, -0.2) is 0 Å². The average molecular weight is 260 g/mol. The highest BCUT2D eigenvalue weighted by molar-refractivity contribution is 5.82. The molecule has 0 heterocycles. The van der Waals surface area contributed by atoms with Gasteiger partial charge in [0.25, 0.3) is 0 Å². The van der Waals surface area contributed by atoms with E-state index in [0.29, 0.717) is 11.3 Å². The summed E-state index contributed by atoms with van der Waals surface area (Å²) in [5.74, 6) is 0.00849. The molecule has 1 rings (SSSR count). The van der Waals surface area contributed by atoms with E-state index in [-0.39, 0.29) is 12.5 Å². The molecule has 0 spiro atoms. The van der Waals surface area contributed by atoms with Crippen molar-refractivity contribution in [2.24, 2.45) is 0 Å². The van der Waals surface area contributed by atoms with Crippen LogP contribution in [-0.4, -0.2) is 38.0 Å². The molecule has 1 aromatic carbocycles. The molecule has 0 saturated heterocycles. The SMILES string of the molecule is CCCN(CC(=O)N(C)C)c1ccc(N)cc1C#N. The molecular formula is C14H20N4O. The normalized spacial score (nSPS) is 9.79. The first-order chi connectivity index (χ1) is 8.99. The van der Waals surface area contributed by atoms with Crippen LogP contribution in [0.25, 0.3) is 0 Å². The minimum Gasteiger partial charge on any atom is -0.399 e. The number of nitrogen functional groups attached to an aromatic ring is 1. The lowest BCUT2D eigenvalue weighted by Crippen LogP contribution is -2.37. The molecule has 5 nitrogen and oxygen atoms in total. The molecule has 0 saturated carbocycles. The molecule has 0 aliphatic rings. The van der Waals surface area contributed by atoms with Crippen molar-refractivity contribution < 1.29 is 4.79 Å². The van der Waals surface area contributed by atoms with E-state index < -0.39 is 0 Å². The standard InChI is InChI=1S/C14H20N4O/c1-4-7-18(10-14(19)17(2)3)13-6-5-12(16)8-11(13)9-15/h5-6,8H,4,7,10,16H2,1-3H3. The van der Waals surface area contributed by atoms with E-state index in [0.717, 1.165) is 18.7 Å². The van der Waals surface area contributed by atoms with Crippen molar-refractivity contribution in [2.45, 2.75) is 13.3 Å². The van der Waals surface area contributed by atoms with Gasteiger partial charge in [0.2, 0.25) is 5.91 Å². The van der Waals surface area contributed by atoms with Gasteiger partial charge in [0.15, 0.2) is 0 Å². The van der Waals surface area contributed by atoms with Gasteiger partial charge in [-0.3, -0.25) is 4.79 Å². The molecule has 0 aliphatic heterocycles. The highest BCUT2D eigenvalue weighted by Gasteiger charge is 2.15. The fourth-order valence-corrected chi connectivity index (χ4v) is 1.78. The Morgan fingerprint density at radius 1 is 1.42 bits per heavy atom. The Labute approximate surface area is 114 Å². The van der Waals surface area contributed by atoms with Crippen LogP contribution in [0.3, 0.4) is 0 Å². The molecule has 1 amide bonds. The van der Waals surface area contributed by atoms with E-state index in [2.05, 4.69) is 6.07 Å². The van der Waals surface area contributed by atoms with Gasteiger partial charge in [0.1, 0.15) is 6.07 Å². The highest BCUT2D eigenvalue weighted by atomic mass is 16.2. The summed E-state index contributed by atoms with van der Waals surface area (Å²) < 4.78 is 0. The number of carbonyl (C=O) groups is 1. The molecule has 0 bridgehead atoms. The molecule has 19 heavy (non-hydrogen) atoms. The number of rotatable bonds is 5. The maximum absolute atomic E-state index is 11.8. The Bertz CT molecular complexity index is 491. The van der Waals surface area contributed by atoms with Gasteiger partial charge >= 0.3 is 0 Å². The number of likely N-dealkylation sites (N-methyl/N-ethyl adjacent to an activating group) is 1. The quantitative estimate of drug-likeness (QED) is 0.813. The van der Waals surface area contributed by atoms with E-state index >= 15 is 0 Å². The second-order valence-corrected chi connectivity index (χ2v) is 4.60. The number of nitriles is 1. The lowest BCUT2D eigenvalue weighted by atomic mass is 10.1. The van der Waals surface area contributed by atoms with Gasteiger partial charge in [-0.1, -0.05) is 6.92 Å². The average Bonchev–Trinajstić information content (AvgIpc) is 2.37. The summed E-state index contributed by atoms with van der Waals surface area (Å²) in [4.78, 5) is 15.3. The summed E-state index contributed by atoms with van der Waals surface area (Å²) in [6, 6.07) is 7.32. The molecule has 5 heteroatoms. The van der Waals surface area contributed by atoms with E-state index in [9.17, 15) is 10.1 Å². The minimum absolute atomic E-state index is 0.00849. The molecule has 0 aromatic heterocycles. The number of amides is 1. The van der Waals surface area contributed by atoms with Crippen LogP contribution in [0.2, 0.25) is 0 Å². The predicted molar refractivity (Wildman–Crippen MR) is 76.8 cm³/mol. The topological polar surface area (TPSA) is 73.4 Å². The lowest BCUT2D eigenvalue weighted by Gasteiger charge is -2.26. The Morgan fingerprint density at radius 3 is 2.63 bits per heavy atom. The monoisotopic (exact) mass is 260 g/mol. The molecular weight excluding hydrogens is 240 g/mol. The van der Waals surface area contributed by atoms with Crippen LogP contribution in [0.15, 0.2) is 18.2 Å². The molecule has 0 fully saturated rings. The zero-order chi connectivity index (χ0) is 14.4. The van der Waals surface area contributed by atoms with Crippen LogP contribution in [0.5, 0.6) is 0 Å². The second kappa shape index (κ2) is 6.64. The fourth-order valence-electron chi connectivity index (χ4n) is 1.78. The number of nitrogens with two attached hydrogens (primary N) is 1. The van der Waals surface area contributed by atoms with Gasteiger partial charge in [-0.05, 0) is 24.6 Å². The van der Waals surface area contributed by atoms with Gasteiger partial charge < -0.3 is 15.5 Å². The second-order valence-electron chi connectivity index (χ2n) is 4.60. The van der Waals surface area contributed by atoms with Gasteiger partial charge in [0.05, 0.1) is 17.8 Å². The van der Waals surface area contributed by atoms with Crippen LogP contribution in [0.1, 0.15) is 18.9 Å². The Hall–Kier alpha value is -2.22. The number of hydrogen-bond donors (Lipinski definition) is 1. The van der Waals surface area contributed by atoms with Gasteiger partial charge in [-0.15, -0.1) is 0 Å². The van der Waals surface area contributed by atoms with Crippen LogP contribution < -0.4 is 10.6 Å². The maximum atomic E-state index is 11.8. The van der Waals surface area contributed by atoms with E-state index in [1.165, 1.54) is 0 Å². The van der Waals surface area contributed by atoms with Crippen molar-refractivity contribution in [1.29, 1.82) is 5.26 Å². The molecule has 2 N–H and O–H groups in total. The van der Waals surface area contributed by atoms with Crippen molar-refractivity contribution >= 4 is 17.3 Å². The number of carbonyl (C=O) groups excluding carboxylic acids is 1. The predicted octanol–water partition coefficient (Wildman–Crippen LogP) is 1.45. The molecule has 0 unspecified atom stereocenters. The number of benzene rings is 1. The maximum Gasteiger partial charge on any atom is 0.241 e. The first kappa shape index (κ1) is 14.8. The summed E-state index contributed by atoms with van der Waals surface area (Å²) in [5, 5.41) is 9.18. The number of anilines is 2. The minimum atomic E-state index is 0.00849. The largest absolute Gasteiger partial charge is 0.399 e. The molecule has 102 valence electrons. The zero-order valence-corrected chi connectivity index (χ0v) is 11.7. The van der Waals surface area contributed by atoms with E-state index in [1.54, 1.807) is 37.2 Å². The van der Waals surface area contributed by atoms with Crippen LogP contribution >= 0.6 is 0 Å². The summed E-state index contributed by atoms with van der Waals surface area (Å²) in [6.07, 6.45) is 0.899. The van der Waals surface area contributed by atoms with Crippen LogP contribution in [0, 0.1) is 11.3 Å². The van der Waals surface area contributed by atoms with Crippen LogP contribution in [0.4, 0.5) is 11.4 Å². The molecule has 1 aromatic rings. The Morgan fingerprint density at radius 2 is 2.11 bits per heavy atom. The summed E-state index contributed by atoms with van der Waals surface area (Å²) in [6.45, 7) is 3.02. The third kappa shape index (κ3) is 3.88. The zero-order valence-electron chi connectivity index (χ0n) is 11.7. The van der Waals surface area contributed by atoms with E-state index in [1.807, 2.05) is 11.8 Å². The molecule has 0 atom stereocenters. The molecule has 0 aliphatic carbocycles. The number of nitrogens with zero attached hydrogens (tertiary/aromatic N) is 3. The van der Waals surface area contributed by atoms with Gasteiger partial charge in [0, 0.05) is 26.3 Å². The number of hydrogen-bond acceptors (Lipinski definition) is 4. The third-order valence-electron chi connectivity index (χ3n) is 2.80.